The summed E-state index contributed by atoms with van der Waals surface area (Å²) in [5.74, 6) is 0. The van der Waals surface area contributed by atoms with Gasteiger partial charge in [0.05, 0.1) is 5.70 Å². The molecule has 2 heterocycles. The quantitative estimate of drug-likeness (QED) is 0.715. The third-order valence-corrected chi connectivity index (χ3v) is 3.78. The molecule has 0 saturated carbocycles. The highest BCUT2D eigenvalue weighted by Gasteiger charge is 2.14. The first kappa shape index (κ1) is 14.1. The number of aryl methyl sites for hydroxylation is 2. The van der Waals surface area contributed by atoms with Crippen molar-refractivity contribution in [3.05, 3.63) is 69.0 Å². The molecule has 1 aromatic carbocycles. The highest BCUT2D eigenvalue weighted by molar-refractivity contribution is 5.76. The summed E-state index contributed by atoms with van der Waals surface area (Å²) in [5.41, 5.74) is 2.29. The lowest BCUT2D eigenvalue weighted by molar-refractivity contribution is 0.706. The molecule has 6 heteroatoms. The molecule has 0 aliphatic carbocycles. The zero-order valence-electron chi connectivity index (χ0n) is 12.7. The van der Waals surface area contributed by atoms with Crippen molar-refractivity contribution < 1.29 is 0 Å². The number of rotatable bonds is 2. The predicted octanol–water partition coefficient (Wildman–Crippen LogP) is 1.26. The molecule has 0 saturated heterocycles. The highest BCUT2D eigenvalue weighted by Crippen LogP contribution is 2.17. The molecule has 0 radical (unpaired) electrons. The molecule has 0 aliphatic heterocycles. The molecule has 22 heavy (non-hydrogen) atoms. The van der Waals surface area contributed by atoms with E-state index in [4.69, 9.17) is 0 Å². The van der Waals surface area contributed by atoms with Crippen molar-refractivity contribution in [1.82, 2.24) is 18.9 Å². The Bertz CT molecular complexity index is 1000. The number of fused-ring (bicyclic) bond motifs is 1. The summed E-state index contributed by atoms with van der Waals surface area (Å²) in [6, 6.07) is 7.86. The smallest absolute Gasteiger partial charge is 0.279 e. The van der Waals surface area contributed by atoms with Gasteiger partial charge in [0.15, 0.2) is 5.65 Å². The Morgan fingerprint density at radius 2 is 1.73 bits per heavy atom. The van der Waals surface area contributed by atoms with Crippen LogP contribution in [0.15, 0.2) is 46.6 Å². The van der Waals surface area contributed by atoms with Crippen molar-refractivity contribution in [2.75, 3.05) is 0 Å². The van der Waals surface area contributed by atoms with E-state index in [9.17, 15) is 9.59 Å². The van der Waals surface area contributed by atoms with Crippen molar-refractivity contribution in [3.8, 4) is 0 Å². The molecule has 0 amide bonds. The van der Waals surface area contributed by atoms with Crippen LogP contribution in [0, 0.1) is 6.92 Å². The fourth-order valence-corrected chi connectivity index (χ4v) is 2.36. The first-order valence-electron chi connectivity index (χ1n) is 6.82. The fourth-order valence-electron chi connectivity index (χ4n) is 2.36. The first-order chi connectivity index (χ1) is 10.4. The minimum absolute atomic E-state index is 0.348. The third-order valence-electron chi connectivity index (χ3n) is 3.78. The normalized spacial score (nSPS) is 11.0. The Morgan fingerprint density at radius 1 is 1.09 bits per heavy atom. The van der Waals surface area contributed by atoms with Crippen molar-refractivity contribution >= 4 is 16.7 Å². The Kier molecular flexibility index (Phi) is 3.09. The molecule has 0 unspecified atom stereocenters. The largest absolute Gasteiger partial charge is 0.332 e. The second kappa shape index (κ2) is 4.84. The highest BCUT2D eigenvalue weighted by atomic mass is 16.2. The molecule has 0 fully saturated rings. The molecule has 0 bridgehead atoms. The van der Waals surface area contributed by atoms with Gasteiger partial charge >= 0.3 is 5.69 Å². The summed E-state index contributed by atoms with van der Waals surface area (Å²) in [7, 11) is 3.05. The molecule has 112 valence electrons. The molecule has 2 aromatic heterocycles. The summed E-state index contributed by atoms with van der Waals surface area (Å²) >= 11 is 0. The van der Waals surface area contributed by atoms with Crippen molar-refractivity contribution in [1.29, 1.82) is 0 Å². The van der Waals surface area contributed by atoms with Gasteiger partial charge in [-0.1, -0.05) is 36.4 Å². The zero-order chi connectivity index (χ0) is 16.0. The third kappa shape index (κ3) is 2.00. The van der Waals surface area contributed by atoms with E-state index in [0.29, 0.717) is 16.7 Å². The lowest BCUT2D eigenvalue weighted by atomic mass is 10.1. The SMILES string of the molecule is C=C(c1ccc(C)cc1)n1cc2c(=O)n(C)c(=O)n(C)c2n1. The average molecular weight is 296 g/mol. The lowest BCUT2D eigenvalue weighted by Crippen LogP contribution is -2.36. The Morgan fingerprint density at radius 3 is 2.36 bits per heavy atom. The van der Waals surface area contributed by atoms with Gasteiger partial charge in [-0.3, -0.25) is 13.9 Å². The maximum Gasteiger partial charge on any atom is 0.332 e. The number of benzene rings is 1. The van der Waals surface area contributed by atoms with E-state index < -0.39 is 5.69 Å². The van der Waals surface area contributed by atoms with Crippen LogP contribution in [0.4, 0.5) is 0 Å². The van der Waals surface area contributed by atoms with E-state index in [0.717, 1.165) is 15.7 Å². The Labute approximate surface area is 126 Å². The van der Waals surface area contributed by atoms with Gasteiger partial charge in [0.2, 0.25) is 0 Å². The van der Waals surface area contributed by atoms with E-state index >= 15 is 0 Å². The molecular formula is C16H16N4O2. The number of aromatic nitrogens is 4. The number of nitrogens with zero attached hydrogens (tertiary/aromatic N) is 4. The van der Waals surface area contributed by atoms with E-state index in [1.807, 2.05) is 31.2 Å². The van der Waals surface area contributed by atoms with Gasteiger partial charge in [-0.25, -0.2) is 9.48 Å². The fraction of sp³-hybridized carbons (Fsp3) is 0.188. The summed E-state index contributed by atoms with van der Waals surface area (Å²) in [5, 5.41) is 4.73. The molecular weight excluding hydrogens is 280 g/mol. The molecule has 3 rings (SSSR count). The molecule has 6 nitrogen and oxygen atoms in total. The van der Waals surface area contributed by atoms with Gasteiger partial charge in [-0.2, -0.15) is 0 Å². The van der Waals surface area contributed by atoms with Gasteiger partial charge in [0.1, 0.15) is 5.39 Å². The molecule has 0 atom stereocenters. The van der Waals surface area contributed by atoms with Crippen LogP contribution >= 0.6 is 0 Å². The van der Waals surface area contributed by atoms with Crippen molar-refractivity contribution in [2.45, 2.75) is 6.92 Å². The Hall–Kier alpha value is -2.89. The summed E-state index contributed by atoms with van der Waals surface area (Å²) in [6.45, 7) is 6.04. The first-order valence-corrected chi connectivity index (χ1v) is 6.82. The van der Waals surface area contributed by atoms with Crippen molar-refractivity contribution in [3.63, 3.8) is 0 Å². The second-order valence-corrected chi connectivity index (χ2v) is 5.33. The van der Waals surface area contributed by atoms with E-state index in [1.165, 1.54) is 16.3 Å². The number of hydrogen-bond acceptors (Lipinski definition) is 3. The summed E-state index contributed by atoms with van der Waals surface area (Å²) in [6.07, 6.45) is 1.61. The lowest BCUT2D eigenvalue weighted by Gasteiger charge is -2.05. The van der Waals surface area contributed by atoms with Crippen LogP contribution < -0.4 is 11.2 Å². The van der Waals surface area contributed by atoms with Gasteiger partial charge < -0.3 is 0 Å². The van der Waals surface area contributed by atoms with Crippen LogP contribution in [0.5, 0.6) is 0 Å². The topological polar surface area (TPSA) is 61.8 Å². The van der Waals surface area contributed by atoms with Gasteiger partial charge in [-0.05, 0) is 12.5 Å². The van der Waals surface area contributed by atoms with E-state index in [2.05, 4.69) is 11.7 Å². The van der Waals surface area contributed by atoms with E-state index in [1.54, 1.807) is 13.2 Å². The van der Waals surface area contributed by atoms with Gasteiger partial charge in [0, 0.05) is 20.3 Å². The summed E-state index contributed by atoms with van der Waals surface area (Å²) in [4.78, 5) is 24.1. The van der Waals surface area contributed by atoms with Crippen molar-refractivity contribution in [2.24, 2.45) is 14.1 Å². The van der Waals surface area contributed by atoms with Crippen LogP contribution in [-0.2, 0) is 14.1 Å². The molecule has 0 aliphatic rings. The van der Waals surface area contributed by atoms with E-state index in [-0.39, 0.29) is 5.56 Å². The minimum atomic E-state index is -0.399. The van der Waals surface area contributed by atoms with Gasteiger partial charge in [0.25, 0.3) is 5.56 Å². The number of hydrogen-bond donors (Lipinski definition) is 0. The molecule has 3 aromatic rings. The maximum atomic E-state index is 12.2. The van der Waals surface area contributed by atoms with Crippen LogP contribution in [0.1, 0.15) is 11.1 Å². The molecule has 0 N–H and O–H groups in total. The van der Waals surface area contributed by atoms with Gasteiger partial charge in [-0.15, -0.1) is 5.10 Å². The van der Waals surface area contributed by atoms with Crippen LogP contribution in [0.3, 0.4) is 0 Å². The zero-order valence-corrected chi connectivity index (χ0v) is 12.7. The second-order valence-electron chi connectivity index (χ2n) is 5.33. The summed E-state index contributed by atoms with van der Waals surface area (Å²) < 4.78 is 3.97. The predicted molar refractivity (Wildman–Crippen MR) is 85.8 cm³/mol. The average Bonchev–Trinajstić information content (AvgIpc) is 2.96. The van der Waals surface area contributed by atoms with Crippen LogP contribution in [0.25, 0.3) is 16.7 Å². The standard InChI is InChI=1S/C16H16N4O2/c1-10-5-7-12(8-6-10)11(2)20-9-13-14(17-20)18(3)16(22)19(4)15(13)21/h5-9H,2H2,1,3-4H3. The minimum Gasteiger partial charge on any atom is -0.279 e. The monoisotopic (exact) mass is 296 g/mol. The Balaban J connectivity index is 2.21. The van der Waals surface area contributed by atoms with Crippen LogP contribution in [-0.4, -0.2) is 18.9 Å². The van der Waals surface area contributed by atoms with Crippen LogP contribution in [0.2, 0.25) is 0 Å². The molecule has 0 spiro atoms. The maximum absolute atomic E-state index is 12.2.